The normalized spacial score (nSPS) is 16.1. The molecule has 1 aliphatic rings. The molecule has 0 aliphatic carbocycles. The number of carbonyl (C=O) groups excluding carboxylic acids is 1. The lowest BCUT2D eigenvalue weighted by atomic mass is 10.1. The summed E-state index contributed by atoms with van der Waals surface area (Å²) in [6, 6.07) is 0.298. The van der Waals surface area contributed by atoms with Crippen molar-refractivity contribution in [1.82, 2.24) is 4.90 Å². The molecule has 0 aromatic heterocycles. The van der Waals surface area contributed by atoms with Crippen LogP contribution in [0.1, 0.15) is 19.8 Å². The van der Waals surface area contributed by atoms with Crippen molar-refractivity contribution in [1.29, 1.82) is 0 Å². The average molecular weight is 291 g/mol. The van der Waals surface area contributed by atoms with Crippen LogP contribution in [0.3, 0.4) is 0 Å². The lowest BCUT2D eigenvalue weighted by Crippen LogP contribution is -2.41. The van der Waals surface area contributed by atoms with E-state index >= 15 is 0 Å². The summed E-state index contributed by atoms with van der Waals surface area (Å²) in [4.78, 5) is 14.0. The zero-order valence-electron chi connectivity index (χ0n) is 12.8. The van der Waals surface area contributed by atoms with Crippen molar-refractivity contribution in [3.8, 4) is 0 Å². The summed E-state index contributed by atoms with van der Waals surface area (Å²) in [6.07, 6.45) is 6.90. The lowest BCUT2D eigenvalue weighted by Gasteiger charge is -2.35. The van der Waals surface area contributed by atoms with Crippen molar-refractivity contribution >= 4 is 5.97 Å². The second kappa shape index (κ2) is 9.19. The van der Waals surface area contributed by atoms with E-state index in [0.29, 0.717) is 6.04 Å². The SMILES string of the molecule is C=C/C=C(\C=C)COC(=O)CN(C(=C)C)C1CCOCC1. The van der Waals surface area contributed by atoms with Gasteiger partial charge in [-0.25, -0.2) is 0 Å². The number of esters is 1. The van der Waals surface area contributed by atoms with E-state index in [9.17, 15) is 4.79 Å². The third kappa shape index (κ3) is 6.00. The highest BCUT2D eigenvalue weighted by molar-refractivity contribution is 5.72. The molecule has 4 nitrogen and oxygen atoms in total. The summed E-state index contributed by atoms with van der Waals surface area (Å²) in [5, 5.41) is 0. The largest absolute Gasteiger partial charge is 0.459 e. The van der Waals surface area contributed by atoms with Gasteiger partial charge in [0.15, 0.2) is 0 Å². The molecular formula is C17H25NO3. The van der Waals surface area contributed by atoms with Crippen LogP contribution in [-0.4, -0.2) is 43.3 Å². The Morgan fingerprint density at radius 2 is 2.05 bits per heavy atom. The first-order chi connectivity index (χ1) is 10.1. The quantitative estimate of drug-likeness (QED) is 0.509. The van der Waals surface area contributed by atoms with Gasteiger partial charge in [0.05, 0.1) is 0 Å². The van der Waals surface area contributed by atoms with Crippen molar-refractivity contribution in [2.24, 2.45) is 0 Å². The molecule has 0 unspecified atom stereocenters. The predicted molar refractivity (Wildman–Crippen MR) is 84.8 cm³/mol. The second-order valence-electron chi connectivity index (χ2n) is 5.05. The molecule has 0 aromatic rings. The van der Waals surface area contributed by atoms with Gasteiger partial charge < -0.3 is 14.4 Å². The van der Waals surface area contributed by atoms with Crippen LogP contribution in [-0.2, 0) is 14.3 Å². The van der Waals surface area contributed by atoms with Gasteiger partial charge in [-0.15, -0.1) is 0 Å². The van der Waals surface area contributed by atoms with E-state index in [2.05, 4.69) is 19.7 Å². The molecule has 116 valence electrons. The van der Waals surface area contributed by atoms with Crippen LogP contribution in [0.5, 0.6) is 0 Å². The van der Waals surface area contributed by atoms with Crippen LogP contribution < -0.4 is 0 Å². The first-order valence-corrected chi connectivity index (χ1v) is 7.18. The van der Waals surface area contributed by atoms with Crippen LogP contribution in [0.2, 0.25) is 0 Å². The summed E-state index contributed by atoms with van der Waals surface area (Å²) < 4.78 is 10.6. The number of nitrogens with zero attached hydrogens (tertiary/aromatic N) is 1. The van der Waals surface area contributed by atoms with Gasteiger partial charge in [0.1, 0.15) is 13.2 Å². The van der Waals surface area contributed by atoms with E-state index < -0.39 is 0 Å². The number of hydrogen-bond acceptors (Lipinski definition) is 4. The van der Waals surface area contributed by atoms with Gasteiger partial charge >= 0.3 is 5.97 Å². The molecular weight excluding hydrogens is 266 g/mol. The van der Waals surface area contributed by atoms with Crippen LogP contribution in [0, 0.1) is 0 Å². The van der Waals surface area contributed by atoms with E-state index in [0.717, 1.165) is 37.3 Å². The first-order valence-electron chi connectivity index (χ1n) is 7.18. The van der Waals surface area contributed by atoms with Crippen LogP contribution in [0.4, 0.5) is 0 Å². The molecule has 0 atom stereocenters. The van der Waals surface area contributed by atoms with Gasteiger partial charge in [-0.1, -0.05) is 38.0 Å². The van der Waals surface area contributed by atoms with Gasteiger partial charge in [0.25, 0.3) is 0 Å². The average Bonchev–Trinajstić information content (AvgIpc) is 2.49. The maximum atomic E-state index is 12.0. The minimum absolute atomic E-state index is 0.214. The molecule has 21 heavy (non-hydrogen) atoms. The van der Waals surface area contributed by atoms with Gasteiger partial charge in [0, 0.05) is 25.0 Å². The molecule has 1 rings (SSSR count). The first kappa shape index (κ1) is 17.2. The monoisotopic (exact) mass is 291 g/mol. The van der Waals surface area contributed by atoms with E-state index in [1.807, 2.05) is 11.8 Å². The minimum Gasteiger partial charge on any atom is -0.459 e. The Labute approximate surface area is 127 Å². The Balaban J connectivity index is 2.52. The Kier molecular flexibility index (Phi) is 7.54. The van der Waals surface area contributed by atoms with Gasteiger partial charge in [0.2, 0.25) is 0 Å². The molecule has 1 heterocycles. The maximum absolute atomic E-state index is 12.0. The number of rotatable bonds is 8. The van der Waals surface area contributed by atoms with Gasteiger partial charge in [-0.2, -0.15) is 0 Å². The van der Waals surface area contributed by atoms with Crippen molar-refractivity contribution in [3.63, 3.8) is 0 Å². The highest BCUT2D eigenvalue weighted by Crippen LogP contribution is 2.18. The van der Waals surface area contributed by atoms with Crippen LogP contribution in [0.25, 0.3) is 0 Å². The Bertz CT molecular complexity index is 420. The highest BCUT2D eigenvalue weighted by Gasteiger charge is 2.23. The summed E-state index contributed by atoms with van der Waals surface area (Å²) in [5.41, 5.74) is 1.70. The standard InChI is InChI=1S/C17H25NO3/c1-5-7-15(6-2)13-21-17(19)12-18(14(3)4)16-8-10-20-11-9-16/h5-7,16H,1-3,8-13H2,4H3/b15-7+. The Hall–Kier alpha value is -1.81. The third-order valence-electron chi connectivity index (χ3n) is 3.42. The fourth-order valence-corrected chi connectivity index (χ4v) is 2.25. The molecule has 0 spiro atoms. The predicted octanol–water partition coefficient (Wildman–Crippen LogP) is 2.84. The summed E-state index contributed by atoms with van der Waals surface area (Å²) in [7, 11) is 0. The van der Waals surface area contributed by atoms with E-state index in [1.165, 1.54) is 0 Å². The Morgan fingerprint density at radius 3 is 2.57 bits per heavy atom. The lowest BCUT2D eigenvalue weighted by molar-refractivity contribution is -0.144. The molecule has 0 bridgehead atoms. The fourth-order valence-electron chi connectivity index (χ4n) is 2.25. The number of hydrogen-bond donors (Lipinski definition) is 0. The molecule has 4 heteroatoms. The fraction of sp³-hybridized carbons (Fsp3) is 0.471. The van der Waals surface area contributed by atoms with Crippen molar-refractivity contribution in [2.75, 3.05) is 26.4 Å². The maximum Gasteiger partial charge on any atom is 0.325 e. The Morgan fingerprint density at radius 1 is 1.38 bits per heavy atom. The molecule has 0 N–H and O–H groups in total. The molecule has 1 aliphatic heterocycles. The molecule has 0 aromatic carbocycles. The second-order valence-corrected chi connectivity index (χ2v) is 5.05. The summed E-state index contributed by atoms with van der Waals surface area (Å²) >= 11 is 0. The van der Waals surface area contributed by atoms with Gasteiger partial charge in [-0.05, 0) is 25.3 Å². The van der Waals surface area contributed by atoms with Gasteiger partial charge in [-0.3, -0.25) is 4.79 Å². The topological polar surface area (TPSA) is 38.8 Å². The van der Waals surface area contributed by atoms with E-state index in [-0.39, 0.29) is 19.1 Å². The zero-order chi connectivity index (χ0) is 15.7. The molecule has 1 fully saturated rings. The van der Waals surface area contributed by atoms with Crippen LogP contribution >= 0.6 is 0 Å². The summed E-state index contributed by atoms with van der Waals surface area (Å²) in [5.74, 6) is -0.263. The number of ether oxygens (including phenoxy) is 2. The zero-order valence-corrected chi connectivity index (χ0v) is 12.8. The minimum atomic E-state index is -0.263. The molecule has 0 radical (unpaired) electrons. The molecule has 1 saturated heterocycles. The highest BCUT2D eigenvalue weighted by atomic mass is 16.5. The van der Waals surface area contributed by atoms with E-state index in [1.54, 1.807) is 18.2 Å². The van der Waals surface area contributed by atoms with Crippen molar-refractivity contribution in [3.05, 3.63) is 49.2 Å². The number of carbonyl (C=O) groups is 1. The van der Waals surface area contributed by atoms with Crippen molar-refractivity contribution < 1.29 is 14.3 Å². The molecule has 0 amide bonds. The smallest absolute Gasteiger partial charge is 0.325 e. The third-order valence-corrected chi connectivity index (χ3v) is 3.42. The number of allylic oxidation sites excluding steroid dienone is 3. The summed E-state index contributed by atoms with van der Waals surface area (Å²) in [6.45, 7) is 15.1. The van der Waals surface area contributed by atoms with Crippen molar-refractivity contribution in [2.45, 2.75) is 25.8 Å². The molecule has 0 saturated carbocycles. The van der Waals surface area contributed by atoms with E-state index in [4.69, 9.17) is 9.47 Å². The van der Waals surface area contributed by atoms with Crippen LogP contribution in [0.15, 0.2) is 49.2 Å².